The summed E-state index contributed by atoms with van der Waals surface area (Å²) in [6, 6.07) is 21.1. The van der Waals surface area contributed by atoms with Crippen LogP contribution < -0.4 is 10.6 Å². The van der Waals surface area contributed by atoms with E-state index in [4.69, 9.17) is 0 Å². The van der Waals surface area contributed by atoms with Crippen LogP contribution in [0.1, 0.15) is 38.8 Å². The van der Waals surface area contributed by atoms with Crippen molar-refractivity contribution < 1.29 is 0 Å². The summed E-state index contributed by atoms with van der Waals surface area (Å²) in [6.45, 7) is 8.83. The van der Waals surface area contributed by atoms with E-state index in [9.17, 15) is 0 Å². The fourth-order valence-corrected chi connectivity index (χ4v) is 2.39. The van der Waals surface area contributed by atoms with Crippen molar-refractivity contribution in [2.45, 2.75) is 51.6 Å². The average Bonchev–Trinajstić information content (AvgIpc) is 2.57. The van der Waals surface area contributed by atoms with Crippen molar-refractivity contribution in [3.8, 4) is 0 Å². The van der Waals surface area contributed by atoms with Gasteiger partial charge in [-0.05, 0) is 65.8 Å². The smallest absolute Gasteiger partial charge is 0.0162 e. The molecule has 0 heterocycles. The van der Waals surface area contributed by atoms with Crippen LogP contribution in [-0.2, 0) is 12.8 Å². The highest BCUT2D eigenvalue weighted by Gasteiger charge is 2.15. The lowest BCUT2D eigenvalue weighted by Gasteiger charge is -2.23. The summed E-state index contributed by atoms with van der Waals surface area (Å²) in [4.78, 5) is 0. The summed E-state index contributed by atoms with van der Waals surface area (Å²) >= 11 is 0. The Kier molecular flexibility index (Phi) is 8.17. The molecule has 0 radical (unpaired) electrons. The largest absolute Gasteiger partial charge is 0.314 e. The maximum absolute atomic E-state index is 3.29. The van der Waals surface area contributed by atoms with E-state index >= 15 is 0 Å². The Bertz CT molecular complexity index is 506. The van der Waals surface area contributed by atoms with E-state index < -0.39 is 0 Å². The van der Waals surface area contributed by atoms with Crippen molar-refractivity contribution in [2.24, 2.45) is 0 Å². The normalized spacial score (nSPS) is 11.6. The van der Waals surface area contributed by atoms with Crippen LogP contribution in [0.4, 0.5) is 0 Å². The van der Waals surface area contributed by atoms with Crippen LogP contribution in [0.5, 0.6) is 0 Å². The zero-order valence-electron chi connectivity index (χ0n) is 16.2. The van der Waals surface area contributed by atoms with Gasteiger partial charge in [0.05, 0.1) is 0 Å². The first kappa shape index (κ1) is 20.4. The van der Waals surface area contributed by atoms with Gasteiger partial charge in [-0.3, -0.25) is 0 Å². The van der Waals surface area contributed by atoms with Gasteiger partial charge in [0, 0.05) is 11.1 Å². The van der Waals surface area contributed by atoms with Gasteiger partial charge >= 0.3 is 0 Å². The predicted octanol–water partition coefficient (Wildman–Crippen LogP) is 4.45. The first-order valence-electron chi connectivity index (χ1n) is 8.74. The summed E-state index contributed by atoms with van der Waals surface area (Å²) in [5, 5.41) is 6.58. The maximum Gasteiger partial charge on any atom is 0.0162 e. The Balaban J connectivity index is 0.000000240. The predicted molar refractivity (Wildman–Crippen MR) is 107 cm³/mol. The number of hydrogen-bond donors (Lipinski definition) is 2. The molecule has 2 N–H and O–H groups in total. The number of rotatable bonds is 6. The van der Waals surface area contributed by atoms with Crippen molar-refractivity contribution >= 4 is 0 Å². The van der Waals surface area contributed by atoms with Crippen LogP contribution in [0.25, 0.3) is 0 Å². The van der Waals surface area contributed by atoms with Crippen molar-refractivity contribution in [3.63, 3.8) is 0 Å². The first-order valence-corrected chi connectivity index (χ1v) is 8.74. The standard InChI is InChI=1S/2C11H17N/c2*1-11(2,12-3)9-10-7-5-4-6-8-10/h2*4-8,12H,9H2,1-3H3. The van der Waals surface area contributed by atoms with E-state index in [1.807, 2.05) is 14.1 Å². The maximum atomic E-state index is 3.29. The lowest BCUT2D eigenvalue weighted by atomic mass is 9.95. The van der Waals surface area contributed by atoms with Crippen molar-refractivity contribution in [2.75, 3.05) is 14.1 Å². The highest BCUT2D eigenvalue weighted by molar-refractivity contribution is 5.17. The van der Waals surface area contributed by atoms with E-state index in [-0.39, 0.29) is 11.1 Å². The topological polar surface area (TPSA) is 24.1 Å². The molecule has 2 nitrogen and oxygen atoms in total. The second-order valence-electron chi connectivity index (χ2n) is 7.59. The third-order valence-electron chi connectivity index (χ3n) is 4.33. The first-order chi connectivity index (χ1) is 11.3. The number of likely N-dealkylation sites (N-methyl/N-ethyl adjacent to an activating group) is 2. The fraction of sp³-hybridized carbons (Fsp3) is 0.455. The van der Waals surface area contributed by atoms with E-state index in [1.165, 1.54) is 11.1 Å². The molecule has 2 heteroatoms. The van der Waals surface area contributed by atoms with Crippen molar-refractivity contribution in [1.82, 2.24) is 10.6 Å². The molecule has 132 valence electrons. The Labute approximate surface area is 148 Å². The summed E-state index contributed by atoms with van der Waals surface area (Å²) < 4.78 is 0. The minimum atomic E-state index is 0.196. The van der Waals surface area contributed by atoms with Crippen molar-refractivity contribution in [3.05, 3.63) is 71.8 Å². The molecule has 0 unspecified atom stereocenters. The van der Waals surface area contributed by atoms with Gasteiger partial charge in [-0.15, -0.1) is 0 Å². The van der Waals surface area contributed by atoms with Crippen LogP contribution in [0.15, 0.2) is 60.7 Å². The Morgan fingerprint density at radius 2 is 0.875 bits per heavy atom. The molecule has 2 rings (SSSR count). The monoisotopic (exact) mass is 326 g/mol. The highest BCUT2D eigenvalue weighted by atomic mass is 14.9. The molecule has 0 aromatic heterocycles. The minimum absolute atomic E-state index is 0.196. The summed E-state index contributed by atoms with van der Waals surface area (Å²) in [5.41, 5.74) is 3.16. The van der Waals surface area contributed by atoms with E-state index in [1.54, 1.807) is 0 Å². The van der Waals surface area contributed by atoms with Crippen molar-refractivity contribution in [1.29, 1.82) is 0 Å². The van der Waals surface area contributed by atoms with E-state index in [2.05, 4.69) is 99.0 Å². The fourth-order valence-electron chi connectivity index (χ4n) is 2.39. The van der Waals surface area contributed by atoms with E-state index in [0.717, 1.165) is 12.8 Å². The molecule has 0 fully saturated rings. The zero-order chi connectivity index (χ0) is 18.1. The van der Waals surface area contributed by atoms with Gasteiger partial charge in [0.2, 0.25) is 0 Å². The molecule has 0 aliphatic heterocycles. The summed E-state index contributed by atoms with van der Waals surface area (Å²) in [7, 11) is 4.01. The van der Waals surface area contributed by atoms with Gasteiger partial charge in [0.15, 0.2) is 0 Å². The van der Waals surface area contributed by atoms with Gasteiger partial charge in [-0.25, -0.2) is 0 Å². The number of hydrogen-bond acceptors (Lipinski definition) is 2. The molecule has 0 bridgehead atoms. The van der Waals surface area contributed by atoms with Gasteiger partial charge in [-0.1, -0.05) is 60.7 Å². The van der Waals surface area contributed by atoms with Crippen LogP contribution in [0, 0.1) is 0 Å². The molecular weight excluding hydrogens is 292 g/mol. The Morgan fingerprint density at radius 1 is 0.583 bits per heavy atom. The number of nitrogens with one attached hydrogen (secondary N) is 2. The second kappa shape index (κ2) is 9.61. The average molecular weight is 327 g/mol. The second-order valence-corrected chi connectivity index (χ2v) is 7.59. The summed E-state index contributed by atoms with van der Waals surface area (Å²) in [5.74, 6) is 0. The van der Waals surface area contributed by atoms with Gasteiger partial charge in [0.1, 0.15) is 0 Å². The highest BCUT2D eigenvalue weighted by Crippen LogP contribution is 2.11. The quantitative estimate of drug-likeness (QED) is 0.819. The van der Waals surface area contributed by atoms with Gasteiger partial charge in [0.25, 0.3) is 0 Å². The lowest BCUT2D eigenvalue weighted by molar-refractivity contribution is 0.422. The third-order valence-corrected chi connectivity index (χ3v) is 4.33. The Morgan fingerprint density at radius 3 is 1.12 bits per heavy atom. The molecule has 0 atom stereocenters. The van der Waals surface area contributed by atoms with Gasteiger partial charge < -0.3 is 10.6 Å². The molecule has 0 aliphatic rings. The molecule has 0 spiro atoms. The Hall–Kier alpha value is -1.64. The minimum Gasteiger partial charge on any atom is -0.314 e. The molecule has 0 amide bonds. The number of benzene rings is 2. The molecule has 0 saturated carbocycles. The lowest BCUT2D eigenvalue weighted by Crippen LogP contribution is -2.38. The van der Waals surface area contributed by atoms with E-state index in [0.29, 0.717) is 0 Å². The van der Waals surface area contributed by atoms with Crippen LogP contribution in [0.3, 0.4) is 0 Å². The molecule has 0 saturated heterocycles. The molecule has 2 aromatic rings. The molecule has 0 aliphatic carbocycles. The van der Waals surface area contributed by atoms with Gasteiger partial charge in [-0.2, -0.15) is 0 Å². The van der Waals surface area contributed by atoms with Crippen LogP contribution in [-0.4, -0.2) is 25.2 Å². The van der Waals surface area contributed by atoms with Crippen LogP contribution in [0.2, 0.25) is 0 Å². The molecule has 2 aromatic carbocycles. The molecular formula is C22H34N2. The third kappa shape index (κ3) is 8.28. The van der Waals surface area contributed by atoms with Crippen LogP contribution >= 0.6 is 0 Å². The zero-order valence-corrected chi connectivity index (χ0v) is 16.2. The molecule has 24 heavy (non-hydrogen) atoms. The SMILES string of the molecule is CNC(C)(C)Cc1ccccc1.CNC(C)(C)Cc1ccccc1. The summed E-state index contributed by atoms with van der Waals surface area (Å²) in [6.07, 6.45) is 2.15.